The van der Waals surface area contributed by atoms with Gasteiger partial charge in [-0.25, -0.2) is 4.79 Å². The highest BCUT2D eigenvalue weighted by Gasteiger charge is 2.17. The van der Waals surface area contributed by atoms with Crippen molar-refractivity contribution in [3.63, 3.8) is 0 Å². The number of nitrogens with two attached hydrogens (primary N) is 1. The maximum atomic E-state index is 12.3. The summed E-state index contributed by atoms with van der Waals surface area (Å²) in [4.78, 5) is 33.3. The Morgan fingerprint density at radius 3 is 2.46 bits per heavy atom. The fraction of sp³-hybridized carbons (Fsp3) is 0. The largest absolute Gasteiger partial charge is 0.410 e. The summed E-state index contributed by atoms with van der Waals surface area (Å²) in [6, 6.07) is 7.54. The number of carbonyl (C=O) groups excluding carboxylic acids is 2. The predicted octanol–water partition coefficient (Wildman–Crippen LogP) is 3.61. The Morgan fingerprint density at radius 1 is 1.17 bits per heavy atom. The second kappa shape index (κ2) is 7.16. The van der Waals surface area contributed by atoms with E-state index in [1.54, 1.807) is 0 Å². The Hall–Kier alpha value is -2.84. The van der Waals surface area contributed by atoms with Gasteiger partial charge < -0.3 is 15.8 Å². The maximum absolute atomic E-state index is 12.3. The van der Waals surface area contributed by atoms with E-state index in [2.05, 4.69) is 5.32 Å². The number of primary amides is 1. The Morgan fingerprint density at radius 2 is 1.88 bits per heavy atom. The second-order valence-corrected chi connectivity index (χ2v) is 5.28. The van der Waals surface area contributed by atoms with Crippen molar-refractivity contribution in [3.8, 4) is 5.75 Å². The summed E-state index contributed by atoms with van der Waals surface area (Å²) >= 11 is 11.7. The van der Waals surface area contributed by atoms with Gasteiger partial charge in [-0.1, -0.05) is 23.2 Å². The van der Waals surface area contributed by atoms with Gasteiger partial charge in [0.1, 0.15) is 5.75 Å². The van der Waals surface area contributed by atoms with E-state index in [9.17, 15) is 19.7 Å². The number of hydrogen-bond donors (Lipinski definition) is 2. The van der Waals surface area contributed by atoms with Crippen molar-refractivity contribution in [3.05, 3.63) is 62.1 Å². The highest BCUT2D eigenvalue weighted by atomic mass is 35.5. The average molecular weight is 370 g/mol. The van der Waals surface area contributed by atoms with Crippen molar-refractivity contribution < 1.29 is 19.2 Å². The summed E-state index contributed by atoms with van der Waals surface area (Å²) in [6.45, 7) is 0. The number of rotatable bonds is 4. The number of anilines is 1. The molecular weight excluding hydrogens is 361 g/mol. The molecule has 24 heavy (non-hydrogen) atoms. The number of nitrogens with zero attached hydrogens (tertiary/aromatic N) is 1. The van der Waals surface area contributed by atoms with Crippen LogP contribution in [-0.2, 0) is 0 Å². The molecule has 0 saturated heterocycles. The first-order valence-electron chi connectivity index (χ1n) is 6.30. The van der Waals surface area contributed by atoms with Crippen molar-refractivity contribution in [2.24, 2.45) is 5.73 Å². The van der Waals surface area contributed by atoms with Gasteiger partial charge in [0.25, 0.3) is 11.6 Å². The molecule has 0 aromatic heterocycles. The standard InChI is InChI=1S/C14H9Cl2N3O5/c15-7-1-4-12(24-14(17)21)9(5-7)13(20)18-11-3-2-8(19(22)23)6-10(11)16/h1-6H,(H2,17,21)(H,18,20). The van der Waals surface area contributed by atoms with Crippen LogP contribution in [-0.4, -0.2) is 16.9 Å². The van der Waals surface area contributed by atoms with E-state index in [4.69, 9.17) is 33.7 Å². The maximum Gasteiger partial charge on any atom is 0.409 e. The van der Waals surface area contributed by atoms with Crippen LogP contribution in [0.15, 0.2) is 36.4 Å². The van der Waals surface area contributed by atoms with Crippen molar-refractivity contribution >= 4 is 46.6 Å². The summed E-state index contributed by atoms with van der Waals surface area (Å²) < 4.78 is 4.74. The lowest BCUT2D eigenvalue weighted by Gasteiger charge is -2.11. The van der Waals surface area contributed by atoms with Gasteiger partial charge in [-0.15, -0.1) is 0 Å². The SMILES string of the molecule is NC(=O)Oc1ccc(Cl)cc1C(=O)Nc1ccc([N+](=O)[O-])cc1Cl. The molecule has 3 N–H and O–H groups in total. The molecule has 0 aliphatic heterocycles. The van der Waals surface area contributed by atoms with Gasteiger partial charge in [0.2, 0.25) is 0 Å². The summed E-state index contributed by atoms with van der Waals surface area (Å²) in [7, 11) is 0. The number of non-ortho nitro benzene ring substituents is 1. The minimum Gasteiger partial charge on any atom is -0.410 e. The van der Waals surface area contributed by atoms with Gasteiger partial charge in [-0.3, -0.25) is 14.9 Å². The van der Waals surface area contributed by atoms with Crippen molar-refractivity contribution in [2.45, 2.75) is 0 Å². The number of hydrogen-bond acceptors (Lipinski definition) is 5. The molecule has 0 unspecified atom stereocenters. The van der Waals surface area contributed by atoms with Crippen molar-refractivity contribution in [1.82, 2.24) is 0 Å². The van der Waals surface area contributed by atoms with Crippen LogP contribution in [0.2, 0.25) is 10.0 Å². The molecule has 0 saturated carbocycles. The van der Waals surface area contributed by atoms with Gasteiger partial charge in [-0.05, 0) is 24.3 Å². The van der Waals surface area contributed by atoms with Gasteiger partial charge in [0.05, 0.1) is 21.2 Å². The smallest absolute Gasteiger partial charge is 0.409 e. The fourth-order valence-corrected chi connectivity index (χ4v) is 2.18. The van der Waals surface area contributed by atoms with E-state index in [1.807, 2.05) is 0 Å². The molecule has 0 aliphatic rings. The molecular formula is C14H9Cl2N3O5. The molecule has 10 heteroatoms. The van der Waals surface area contributed by atoms with Crippen LogP contribution < -0.4 is 15.8 Å². The first-order chi connectivity index (χ1) is 11.3. The van der Waals surface area contributed by atoms with E-state index < -0.39 is 16.9 Å². The average Bonchev–Trinajstić information content (AvgIpc) is 2.50. The summed E-state index contributed by atoms with van der Waals surface area (Å²) in [5.74, 6) is -0.785. The highest BCUT2D eigenvalue weighted by Crippen LogP contribution is 2.29. The zero-order chi connectivity index (χ0) is 17.9. The first-order valence-corrected chi connectivity index (χ1v) is 7.05. The molecule has 0 heterocycles. The molecule has 0 spiro atoms. The second-order valence-electron chi connectivity index (χ2n) is 4.44. The zero-order valence-corrected chi connectivity index (χ0v) is 13.3. The third kappa shape index (κ3) is 4.12. The molecule has 0 fully saturated rings. The Bertz CT molecular complexity index is 841. The Balaban J connectivity index is 2.31. The molecule has 0 aliphatic carbocycles. The van der Waals surface area contributed by atoms with Crippen LogP contribution in [0, 0.1) is 10.1 Å². The minimum absolute atomic E-state index is 0.0306. The third-order valence-corrected chi connectivity index (χ3v) is 3.36. The molecule has 0 radical (unpaired) electrons. The number of ether oxygens (including phenoxy) is 1. The summed E-state index contributed by atoms with van der Waals surface area (Å²) in [5.41, 5.74) is 4.80. The van der Waals surface area contributed by atoms with Crippen LogP contribution in [0.25, 0.3) is 0 Å². The lowest BCUT2D eigenvalue weighted by molar-refractivity contribution is -0.384. The van der Waals surface area contributed by atoms with E-state index in [1.165, 1.54) is 30.3 Å². The van der Waals surface area contributed by atoms with E-state index in [0.717, 1.165) is 6.07 Å². The topological polar surface area (TPSA) is 125 Å². The van der Waals surface area contributed by atoms with Gasteiger partial charge in [-0.2, -0.15) is 0 Å². The molecule has 2 rings (SSSR count). The summed E-state index contributed by atoms with van der Waals surface area (Å²) in [5, 5.41) is 13.3. The van der Waals surface area contributed by atoms with Crippen LogP contribution in [0.1, 0.15) is 10.4 Å². The van der Waals surface area contributed by atoms with Crippen molar-refractivity contribution in [1.29, 1.82) is 0 Å². The lowest BCUT2D eigenvalue weighted by Crippen LogP contribution is -2.20. The number of nitro benzene ring substituents is 1. The first kappa shape index (κ1) is 17.5. The van der Waals surface area contributed by atoms with E-state index in [-0.39, 0.29) is 32.7 Å². The van der Waals surface area contributed by atoms with E-state index >= 15 is 0 Å². The molecule has 8 nitrogen and oxygen atoms in total. The molecule has 0 bridgehead atoms. The van der Waals surface area contributed by atoms with Gasteiger partial charge in [0, 0.05) is 17.2 Å². The van der Waals surface area contributed by atoms with Crippen LogP contribution in [0.3, 0.4) is 0 Å². The number of benzene rings is 2. The molecule has 2 amide bonds. The predicted molar refractivity (Wildman–Crippen MR) is 87.7 cm³/mol. The number of nitrogens with one attached hydrogen (secondary N) is 1. The van der Waals surface area contributed by atoms with Crippen LogP contribution >= 0.6 is 23.2 Å². The van der Waals surface area contributed by atoms with Gasteiger partial charge in [0.15, 0.2) is 0 Å². The number of carbonyl (C=O) groups is 2. The molecule has 124 valence electrons. The number of nitro groups is 1. The zero-order valence-electron chi connectivity index (χ0n) is 11.8. The van der Waals surface area contributed by atoms with Crippen LogP contribution in [0.4, 0.5) is 16.2 Å². The van der Waals surface area contributed by atoms with Crippen LogP contribution in [0.5, 0.6) is 5.75 Å². The highest BCUT2D eigenvalue weighted by molar-refractivity contribution is 6.34. The molecule has 0 atom stereocenters. The fourth-order valence-electron chi connectivity index (χ4n) is 1.79. The Labute approximate surface area is 145 Å². The monoisotopic (exact) mass is 369 g/mol. The number of amides is 2. The quantitative estimate of drug-likeness (QED) is 0.628. The molecule has 2 aromatic rings. The van der Waals surface area contributed by atoms with Crippen molar-refractivity contribution in [2.75, 3.05) is 5.32 Å². The molecule has 2 aromatic carbocycles. The Kier molecular flexibility index (Phi) is 5.22. The van der Waals surface area contributed by atoms with E-state index in [0.29, 0.717) is 0 Å². The summed E-state index contributed by atoms with van der Waals surface area (Å²) in [6.07, 6.45) is -1.10. The van der Waals surface area contributed by atoms with Gasteiger partial charge >= 0.3 is 6.09 Å². The number of halogens is 2. The minimum atomic E-state index is -1.10. The third-order valence-electron chi connectivity index (χ3n) is 2.81. The lowest BCUT2D eigenvalue weighted by atomic mass is 10.1. The normalized spacial score (nSPS) is 10.1.